The highest BCUT2D eigenvalue weighted by atomic mass is 16.6. The number of carbonyl (C=O) groups is 2. The molecule has 0 aliphatic rings. The summed E-state index contributed by atoms with van der Waals surface area (Å²) in [6.07, 6.45) is -1.47. The zero-order valence-corrected chi connectivity index (χ0v) is 8.28. The lowest BCUT2D eigenvalue weighted by Crippen LogP contribution is -2.32. The Kier molecular flexibility index (Phi) is 3.19. The summed E-state index contributed by atoms with van der Waals surface area (Å²) in [6, 6.07) is 5.18. The van der Waals surface area contributed by atoms with Crippen LogP contribution < -0.4 is 0 Å². The summed E-state index contributed by atoms with van der Waals surface area (Å²) >= 11 is 0. The zero-order chi connectivity index (χ0) is 12.3. The van der Waals surface area contributed by atoms with Crippen molar-refractivity contribution in [3.05, 3.63) is 39.9 Å². The van der Waals surface area contributed by atoms with Crippen LogP contribution in [0.2, 0.25) is 0 Å². The average Bonchev–Trinajstić information content (AvgIpc) is 2.26. The number of amides is 2. The van der Waals surface area contributed by atoms with Crippen LogP contribution in [0.1, 0.15) is 10.4 Å². The highest BCUT2D eigenvalue weighted by Crippen LogP contribution is 2.18. The molecule has 1 aromatic rings. The smallest absolute Gasteiger partial charge is 0.414 e. The first-order chi connectivity index (χ1) is 7.45. The van der Waals surface area contributed by atoms with Crippen LogP contribution in [-0.4, -0.2) is 34.0 Å². The number of nitro groups is 1. The van der Waals surface area contributed by atoms with Gasteiger partial charge in [0.1, 0.15) is 5.56 Å². The Bertz CT molecular complexity index is 457. The van der Waals surface area contributed by atoms with Crippen LogP contribution in [0.25, 0.3) is 0 Å². The maximum atomic E-state index is 11.6. The number of carboxylic acid groups (broad SMARTS) is 1. The Balaban J connectivity index is 3.18. The normalized spacial score (nSPS) is 9.56. The lowest BCUT2D eigenvalue weighted by atomic mass is 10.1. The summed E-state index contributed by atoms with van der Waals surface area (Å²) < 4.78 is 0. The number of nitro benzene ring substituents is 1. The minimum atomic E-state index is -1.47. The molecule has 1 N–H and O–H groups in total. The van der Waals surface area contributed by atoms with E-state index in [2.05, 4.69) is 0 Å². The molecule has 1 rings (SSSR count). The zero-order valence-electron chi connectivity index (χ0n) is 8.28. The first-order valence-electron chi connectivity index (χ1n) is 4.19. The van der Waals surface area contributed by atoms with Gasteiger partial charge in [-0.05, 0) is 6.07 Å². The molecule has 0 saturated carbocycles. The quantitative estimate of drug-likeness (QED) is 0.603. The summed E-state index contributed by atoms with van der Waals surface area (Å²) in [5.41, 5.74) is -0.669. The standard InChI is InChI=1S/C9H8N2O5/c1-10(9(13)14)8(12)6-4-2-3-5-7(6)11(15)16/h2-5H,1H3,(H,13,14). The molecule has 84 valence electrons. The number of carbonyl (C=O) groups excluding carboxylic acids is 1. The predicted octanol–water partition coefficient (Wildman–Crippen LogP) is 1.34. The molecule has 0 aliphatic carbocycles. The average molecular weight is 224 g/mol. The second kappa shape index (κ2) is 4.39. The highest BCUT2D eigenvalue weighted by Gasteiger charge is 2.24. The van der Waals surface area contributed by atoms with Crippen molar-refractivity contribution in [2.75, 3.05) is 7.05 Å². The molecule has 2 amide bonds. The van der Waals surface area contributed by atoms with E-state index in [1.54, 1.807) is 0 Å². The number of nitrogens with zero attached hydrogens (tertiary/aromatic N) is 2. The molecule has 0 aromatic heterocycles. The first-order valence-corrected chi connectivity index (χ1v) is 4.19. The van der Waals surface area contributed by atoms with Gasteiger partial charge in [-0.1, -0.05) is 12.1 Å². The summed E-state index contributed by atoms with van der Waals surface area (Å²) in [4.78, 5) is 32.3. The summed E-state index contributed by atoms with van der Waals surface area (Å²) in [5.74, 6) is -0.931. The fourth-order valence-electron chi connectivity index (χ4n) is 1.08. The van der Waals surface area contributed by atoms with Crippen molar-refractivity contribution < 1.29 is 19.6 Å². The third-order valence-corrected chi connectivity index (χ3v) is 1.92. The lowest BCUT2D eigenvalue weighted by molar-refractivity contribution is -0.385. The maximum absolute atomic E-state index is 11.6. The van der Waals surface area contributed by atoms with Crippen molar-refractivity contribution in [2.24, 2.45) is 0 Å². The van der Waals surface area contributed by atoms with Gasteiger partial charge in [0.15, 0.2) is 0 Å². The van der Waals surface area contributed by atoms with Gasteiger partial charge >= 0.3 is 6.09 Å². The molecule has 16 heavy (non-hydrogen) atoms. The Morgan fingerprint density at radius 1 is 1.38 bits per heavy atom. The molecular formula is C9H8N2O5. The van der Waals surface area contributed by atoms with Gasteiger partial charge in [0.2, 0.25) is 0 Å². The molecule has 0 atom stereocenters. The van der Waals surface area contributed by atoms with Gasteiger partial charge in [0, 0.05) is 13.1 Å². The minimum absolute atomic E-state index is 0.252. The molecule has 0 heterocycles. The van der Waals surface area contributed by atoms with Crippen molar-refractivity contribution in [2.45, 2.75) is 0 Å². The van der Waals surface area contributed by atoms with E-state index in [0.29, 0.717) is 4.90 Å². The van der Waals surface area contributed by atoms with E-state index in [0.717, 1.165) is 13.1 Å². The van der Waals surface area contributed by atoms with Crippen LogP contribution in [0.4, 0.5) is 10.5 Å². The fraction of sp³-hybridized carbons (Fsp3) is 0.111. The van der Waals surface area contributed by atoms with Gasteiger partial charge in [0.05, 0.1) is 4.92 Å². The van der Waals surface area contributed by atoms with Crippen LogP contribution in [0.15, 0.2) is 24.3 Å². The van der Waals surface area contributed by atoms with E-state index >= 15 is 0 Å². The number of benzene rings is 1. The van der Waals surface area contributed by atoms with Crippen LogP contribution in [-0.2, 0) is 0 Å². The first kappa shape index (κ1) is 11.6. The second-order valence-electron chi connectivity index (χ2n) is 2.92. The number of para-hydroxylation sites is 1. The third-order valence-electron chi connectivity index (χ3n) is 1.92. The van der Waals surface area contributed by atoms with Crippen LogP contribution >= 0.6 is 0 Å². The minimum Gasteiger partial charge on any atom is -0.465 e. The van der Waals surface area contributed by atoms with Gasteiger partial charge in [-0.25, -0.2) is 9.69 Å². The number of hydrogen-bond donors (Lipinski definition) is 1. The largest absolute Gasteiger partial charge is 0.465 e. The molecule has 1 aromatic carbocycles. The molecule has 0 unspecified atom stereocenters. The number of imide groups is 1. The second-order valence-corrected chi connectivity index (χ2v) is 2.92. The monoisotopic (exact) mass is 224 g/mol. The van der Waals surface area contributed by atoms with Gasteiger partial charge in [-0.15, -0.1) is 0 Å². The molecule has 0 spiro atoms. The molecule has 0 aliphatic heterocycles. The van der Waals surface area contributed by atoms with E-state index in [1.165, 1.54) is 18.2 Å². The molecule has 0 bridgehead atoms. The third kappa shape index (κ3) is 2.14. The van der Waals surface area contributed by atoms with Gasteiger partial charge in [0.25, 0.3) is 11.6 Å². The van der Waals surface area contributed by atoms with Crippen molar-refractivity contribution in [3.8, 4) is 0 Å². The van der Waals surface area contributed by atoms with Gasteiger partial charge < -0.3 is 5.11 Å². The molecular weight excluding hydrogens is 216 g/mol. The number of rotatable bonds is 2. The predicted molar refractivity (Wildman–Crippen MR) is 53.2 cm³/mol. The van der Waals surface area contributed by atoms with Crippen molar-refractivity contribution in [1.82, 2.24) is 4.90 Å². The molecule has 0 radical (unpaired) electrons. The summed E-state index contributed by atoms with van der Waals surface area (Å²) in [7, 11) is 1.03. The van der Waals surface area contributed by atoms with Crippen molar-refractivity contribution in [1.29, 1.82) is 0 Å². The van der Waals surface area contributed by atoms with Crippen LogP contribution in [0.5, 0.6) is 0 Å². The Morgan fingerprint density at radius 2 is 1.94 bits per heavy atom. The van der Waals surface area contributed by atoms with Crippen LogP contribution in [0.3, 0.4) is 0 Å². The number of hydrogen-bond acceptors (Lipinski definition) is 4. The lowest BCUT2D eigenvalue weighted by Gasteiger charge is -2.10. The topological polar surface area (TPSA) is 101 Å². The molecule has 0 saturated heterocycles. The van der Waals surface area contributed by atoms with Gasteiger partial charge in [-0.3, -0.25) is 14.9 Å². The van der Waals surface area contributed by atoms with Crippen molar-refractivity contribution >= 4 is 17.7 Å². The van der Waals surface area contributed by atoms with Crippen LogP contribution in [0, 0.1) is 10.1 Å². The molecule has 7 heteroatoms. The fourth-order valence-corrected chi connectivity index (χ4v) is 1.08. The molecule has 0 fully saturated rings. The maximum Gasteiger partial charge on any atom is 0.414 e. The van der Waals surface area contributed by atoms with E-state index < -0.39 is 22.6 Å². The van der Waals surface area contributed by atoms with Gasteiger partial charge in [-0.2, -0.15) is 0 Å². The highest BCUT2D eigenvalue weighted by molar-refractivity contribution is 6.04. The SMILES string of the molecule is CN(C(=O)O)C(=O)c1ccccc1[N+](=O)[O-]. The summed E-state index contributed by atoms with van der Waals surface area (Å²) in [6.45, 7) is 0. The summed E-state index contributed by atoms with van der Waals surface area (Å²) in [5, 5.41) is 19.2. The van der Waals surface area contributed by atoms with E-state index in [4.69, 9.17) is 5.11 Å². The Labute approximate surface area is 90.1 Å². The Hall–Kier alpha value is -2.44. The Morgan fingerprint density at radius 3 is 2.44 bits per heavy atom. The van der Waals surface area contributed by atoms with E-state index in [1.807, 2.05) is 0 Å². The van der Waals surface area contributed by atoms with E-state index in [-0.39, 0.29) is 5.56 Å². The van der Waals surface area contributed by atoms with Crippen molar-refractivity contribution in [3.63, 3.8) is 0 Å². The molecule has 7 nitrogen and oxygen atoms in total. The van der Waals surface area contributed by atoms with E-state index in [9.17, 15) is 19.7 Å².